The number of aromatic nitrogens is 7. The van der Waals surface area contributed by atoms with Crippen LogP contribution in [0.2, 0.25) is 0 Å². The summed E-state index contributed by atoms with van der Waals surface area (Å²) in [6.07, 6.45) is 3.99. The molecular weight excluding hydrogens is 1100 g/mol. The van der Waals surface area contributed by atoms with Gasteiger partial charge in [-0.2, -0.15) is 0 Å². The molecule has 7 nitrogen and oxygen atoms in total. The number of pyridine rings is 1. The van der Waals surface area contributed by atoms with Crippen molar-refractivity contribution in [1.82, 2.24) is 34.9 Å². The Kier molecular flexibility index (Phi) is 12.5. The quantitative estimate of drug-likeness (QED) is 0.133. The van der Waals surface area contributed by atoms with Crippen molar-refractivity contribution in [3.05, 3.63) is 247 Å². The van der Waals surface area contributed by atoms with Crippen molar-refractivity contribution in [1.29, 1.82) is 0 Å². The van der Waals surface area contributed by atoms with Gasteiger partial charge in [0.15, 0.2) is 34.9 Å². The van der Waals surface area contributed by atoms with E-state index in [1.54, 1.807) is 11.3 Å². The number of rotatable bonds is 9. The second-order valence-electron chi connectivity index (χ2n) is 27.2. The van der Waals surface area contributed by atoms with Gasteiger partial charge >= 0.3 is 0 Å². The topological polar surface area (TPSA) is 90.2 Å². The Labute approximate surface area is 523 Å². The number of hydrogen-bond donors (Lipinski definition) is 0. The van der Waals surface area contributed by atoms with Crippen LogP contribution in [0.1, 0.15) is 90.5 Å². The number of nitrogens with zero attached hydrogens (tertiary/aromatic N) is 7. The summed E-state index contributed by atoms with van der Waals surface area (Å²) in [5.74, 6) is 3.88. The molecular formula is C81H65N7S. The van der Waals surface area contributed by atoms with Gasteiger partial charge in [-0.15, -0.1) is 11.3 Å². The normalized spacial score (nSPS) is 15.2. The molecule has 0 saturated heterocycles. The van der Waals surface area contributed by atoms with Gasteiger partial charge in [-0.05, 0) is 161 Å². The van der Waals surface area contributed by atoms with E-state index in [2.05, 4.69) is 261 Å². The number of thiophene rings is 1. The van der Waals surface area contributed by atoms with E-state index in [9.17, 15) is 0 Å². The lowest BCUT2D eigenvalue weighted by Gasteiger charge is -2.22. The molecule has 14 aromatic rings. The van der Waals surface area contributed by atoms with Crippen LogP contribution in [0.5, 0.6) is 0 Å². The van der Waals surface area contributed by atoms with Gasteiger partial charge in [0.05, 0.1) is 5.69 Å². The van der Waals surface area contributed by atoms with Crippen molar-refractivity contribution in [3.8, 4) is 102 Å². The molecule has 10 aromatic carbocycles. The average molecular weight is 1170 g/mol. The molecule has 0 bridgehead atoms. The van der Waals surface area contributed by atoms with E-state index in [-0.39, 0.29) is 21.7 Å². The maximum atomic E-state index is 5.36. The highest BCUT2D eigenvalue weighted by Crippen LogP contribution is 2.52. The summed E-state index contributed by atoms with van der Waals surface area (Å²) in [5, 5.41) is 7.00. The molecule has 0 spiro atoms. The summed E-state index contributed by atoms with van der Waals surface area (Å²) in [5.41, 5.74) is 17.9. The largest absolute Gasteiger partial charge is 0.256 e. The fourth-order valence-electron chi connectivity index (χ4n) is 15.2. The van der Waals surface area contributed by atoms with Gasteiger partial charge in [-0.25, -0.2) is 29.9 Å². The molecule has 0 aliphatic heterocycles. The monoisotopic (exact) mass is 1170 g/mol. The summed E-state index contributed by atoms with van der Waals surface area (Å²) in [4.78, 5) is 36.7. The van der Waals surface area contributed by atoms with Gasteiger partial charge in [0.1, 0.15) is 0 Å². The first-order chi connectivity index (χ1) is 43.0. The molecule has 4 heterocycles. The van der Waals surface area contributed by atoms with Crippen LogP contribution in [0.3, 0.4) is 0 Å². The molecule has 0 atom stereocenters. The van der Waals surface area contributed by atoms with E-state index in [1.807, 2.05) is 24.4 Å². The zero-order chi connectivity index (χ0) is 60.6. The third-order valence-corrected chi connectivity index (χ3v) is 20.2. The van der Waals surface area contributed by atoms with E-state index in [0.717, 1.165) is 95.2 Å². The van der Waals surface area contributed by atoms with E-state index in [4.69, 9.17) is 29.9 Å². The van der Waals surface area contributed by atoms with Gasteiger partial charge in [0.25, 0.3) is 0 Å². The highest BCUT2D eigenvalue weighted by atomic mass is 32.1. The van der Waals surface area contributed by atoms with Crippen LogP contribution in [0, 0.1) is 0 Å². The van der Waals surface area contributed by atoms with Crippen LogP contribution in [-0.2, 0) is 21.7 Å². The van der Waals surface area contributed by atoms with Crippen molar-refractivity contribution in [3.63, 3.8) is 0 Å². The Morgan fingerprint density at radius 1 is 0.292 bits per heavy atom. The van der Waals surface area contributed by atoms with Crippen molar-refractivity contribution in [2.45, 2.75) is 89.9 Å². The van der Waals surface area contributed by atoms with E-state index in [0.29, 0.717) is 34.9 Å². The van der Waals surface area contributed by atoms with Crippen LogP contribution in [-0.4, -0.2) is 34.9 Å². The molecule has 0 saturated carbocycles. The Bertz CT molecular complexity index is 5210. The maximum Gasteiger partial charge on any atom is 0.165 e. The van der Waals surface area contributed by atoms with E-state index in [1.165, 1.54) is 48.5 Å². The first-order valence-electron chi connectivity index (χ1n) is 30.9. The molecule has 8 heteroatoms. The molecule has 4 aromatic heterocycles. The minimum Gasteiger partial charge on any atom is -0.256 e. The number of benzene rings is 10. The molecule has 0 unspecified atom stereocenters. The molecule has 0 N–H and O–H groups in total. The molecule has 0 amide bonds. The summed E-state index contributed by atoms with van der Waals surface area (Å²) in [6, 6.07) is 78.4. The third-order valence-electron chi connectivity index (χ3n) is 19.0. The van der Waals surface area contributed by atoms with Crippen LogP contribution in [0.4, 0.5) is 0 Å². The number of hydrogen-bond acceptors (Lipinski definition) is 8. The first-order valence-corrected chi connectivity index (χ1v) is 31.7. The zero-order valence-electron chi connectivity index (χ0n) is 51.3. The highest BCUT2D eigenvalue weighted by Gasteiger charge is 2.43. The summed E-state index contributed by atoms with van der Waals surface area (Å²) < 4.78 is 2.34. The van der Waals surface area contributed by atoms with E-state index >= 15 is 0 Å². The smallest absolute Gasteiger partial charge is 0.165 e. The zero-order valence-corrected chi connectivity index (χ0v) is 52.1. The van der Waals surface area contributed by atoms with Gasteiger partial charge in [0, 0.05) is 65.3 Å². The number of fused-ring (bicyclic) bond motifs is 8. The molecule has 2 aliphatic carbocycles. The highest BCUT2D eigenvalue weighted by molar-refractivity contribution is 7.26. The molecule has 0 fully saturated rings. The minimum absolute atomic E-state index is 0.0178. The summed E-state index contributed by atoms with van der Waals surface area (Å²) >= 11 is 1.79. The Hall–Kier alpha value is -9.89. The Morgan fingerprint density at radius 3 is 1.35 bits per heavy atom. The van der Waals surface area contributed by atoms with Crippen molar-refractivity contribution < 1.29 is 0 Å². The lowest BCUT2D eigenvalue weighted by molar-refractivity contribution is 0.402. The van der Waals surface area contributed by atoms with E-state index < -0.39 is 0 Å². The maximum absolute atomic E-state index is 5.36. The fraction of sp³-hybridized carbons (Fsp3) is 0.173. The SMILES string of the molecule is CC1(C)CC(C)(C)c2cc(-c3nc(-c4cccc(-c5ccc(-c6ccc7sc8c(-c9nc(-c%10cccc(-c%11ccccn%11)c%10)nc(-c%10ccc%11c(c%10)C(C)(C)CC%11(C)C)n9)cccc8c7c6)cc5)c4)nc(-c4cc5ccccc5c5ccccc45)n3)ccc21. The lowest BCUT2D eigenvalue weighted by Crippen LogP contribution is -2.18. The first kappa shape index (κ1) is 54.5. The Balaban J connectivity index is 0.755. The van der Waals surface area contributed by atoms with Crippen molar-refractivity contribution >= 4 is 53.1 Å². The third kappa shape index (κ3) is 9.42. The fourth-order valence-corrected chi connectivity index (χ4v) is 16.4. The van der Waals surface area contributed by atoms with Crippen molar-refractivity contribution in [2.24, 2.45) is 0 Å². The van der Waals surface area contributed by atoms with Crippen LogP contribution in [0.15, 0.2) is 225 Å². The summed E-state index contributed by atoms with van der Waals surface area (Å²) in [7, 11) is 0. The second-order valence-corrected chi connectivity index (χ2v) is 28.2. The second kappa shape index (κ2) is 20.3. The molecule has 89 heavy (non-hydrogen) atoms. The summed E-state index contributed by atoms with van der Waals surface area (Å²) in [6.45, 7) is 18.9. The van der Waals surface area contributed by atoms with Crippen LogP contribution >= 0.6 is 11.3 Å². The average Bonchev–Trinajstić information content (AvgIpc) is 1.84. The van der Waals surface area contributed by atoms with Crippen molar-refractivity contribution in [2.75, 3.05) is 0 Å². The standard InChI is InChI=1S/C81H65N7S/c1-78(2)46-80(5,6)67-44-56(33-36-65(67)78)74-84-73(55-22-16-20-53(41-55)69-28-13-14-39-82-69)85-76(86-74)62-27-17-26-61-63-42-51(35-38-70(63)89-71(61)62)49-31-29-48(30-32-49)50-19-15-21-54(40-50)72-83-75(57-34-37-66-68(45-57)81(7,8)47-79(66,3)4)88-77(87-72)64-43-52-18-9-10-23-58(52)59-24-11-12-25-60(59)64/h9-45H,46-47H2,1-8H3. The van der Waals surface area contributed by atoms with Crippen LogP contribution in [0.25, 0.3) is 144 Å². The molecule has 0 radical (unpaired) electrons. The Morgan fingerprint density at radius 2 is 0.742 bits per heavy atom. The predicted octanol–water partition coefficient (Wildman–Crippen LogP) is 21.0. The molecule has 430 valence electrons. The lowest BCUT2D eigenvalue weighted by atomic mass is 9.82. The van der Waals surface area contributed by atoms with Gasteiger partial charge in [-0.3, -0.25) is 4.98 Å². The van der Waals surface area contributed by atoms with Gasteiger partial charge in [-0.1, -0.05) is 213 Å². The molecule has 16 rings (SSSR count). The van der Waals surface area contributed by atoms with Crippen LogP contribution < -0.4 is 0 Å². The predicted molar refractivity (Wildman–Crippen MR) is 369 cm³/mol. The van der Waals surface area contributed by atoms with Gasteiger partial charge < -0.3 is 0 Å². The molecule has 2 aliphatic rings. The minimum atomic E-state index is 0.0178. The van der Waals surface area contributed by atoms with Gasteiger partial charge in [0.2, 0.25) is 0 Å².